The van der Waals surface area contributed by atoms with E-state index in [1.165, 1.54) is 18.2 Å². The van der Waals surface area contributed by atoms with Crippen LogP contribution in [-0.2, 0) is 4.79 Å². The number of anilines is 1. The number of rotatable bonds is 6. The van der Waals surface area contributed by atoms with Crippen molar-refractivity contribution in [2.24, 2.45) is 5.73 Å². The molecule has 0 saturated heterocycles. The Labute approximate surface area is 117 Å². The third-order valence-corrected chi connectivity index (χ3v) is 2.93. The van der Waals surface area contributed by atoms with Crippen molar-refractivity contribution in [1.82, 2.24) is 5.32 Å². The highest BCUT2D eigenvalue weighted by atomic mass is 19.1. The molecule has 0 aliphatic carbocycles. The molecule has 0 radical (unpaired) electrons. The molecule has 0 aliphatic rings. The van der Waals surface area contributed by atoms with E-state index in [0.29, 0.717) is 17.7 Å². The molecular weight excluding hydrogens is 261 g/mol. The fourth-order valence-corrected chi connectivity index (χ4v) is 1.78. The summed E-state index contributed by atoms with van der Waals surface area (Å²) in [7, 11) is 0. The number of hydrogen-bond donors (Lipinski definition) is 3. The summed E-state index contributed by atoms with van der Waals surface area (Å²) in [5.41, 5.74) is 6.33. The third kappa shape index (κ3) is 4.87. The van der Waals surface area contributed by atoms with Gasteiger partial charge >= 0.3 is 6.03 Å². The van der Waals surface area contributed by atoms with Crippen LogP contribution in [0.3, 0.4) is 0 Å². The van der Waals surface area contributed by atoms with E-state index in [9.17, 15) is 14.0 Å². The number of carbonyl (C=O) groups is 2. The Morgan fingerprint density at radius 2 is 2.10 bits per heavy atom. The number of urea groups is 1. The zero-order valence-corrected chi connectivity index (χ0v) is 11.7. The molecule has 0 bridgehead atoms. The number of nitrogens with two attached hydrogens (primary N) is 1. The van der Waals surface area contributed by atoms with Crippen molar-refractivity contribution in [3.63, 3.8) is 0 Å². The van der Waals surface area contributed by atoms with E-state index in [1.54, 1.807) is 6.92 Å². The Balaban J connectivity index is 2.63. The van der Waals surface area contributed by atoms with E-state index >= 15 is 0 Å². The smallest absolute Gasteiger partial charge is 0.319 e. The maximum atomic E-state index is 13.0. The second-order valence-corrected chi connectivity index (χ2v) is 4.65. The number of nitrogens with one attached hydrogen (secondary N) is 2. The first kappa shape index (κ1) is 15.9. The summed E-state index contributed by atoms with van der Waals surface area (Å²) in [6, 6.07) is 2.81. The lowest BCUT2D eigenvalue weighted by molar-refractivity contribution is -0.119. The molecule has 0 aliphatic heterocycles. The van der Waals surface area contributed by atoms with Gasteiger partial charge in [-0.25, -0.2) is 9.18 Å². The Bertz CT molecular complexity index is 491. The highest BCUT2D eigenvalue weighted by Crippen LogP contribution is 2.15. The van der Waals surface area contributed by atoms with E-state index in [1.807, 2.05) is 6.92 Å². The van der Waals surface area contributed by atoms with Crippen LogP contribution in [0.25, 0.3) is 0 Å². The first-order valence-electron chi connectivity index (χ1n) is 6.57. The van der Waals surface area contributed by atoms with Gasteiger partial charge in [0.15, 0.2) is 0 Å². The zero-order valence-electron chi connectivity index (χ0n) is 11.7. The number of aryl methyl sites for hydroxylation is 1. The summed E-state index contributed by atoms with van der Waals surface area (Å²) in [6.07, 6.45) is 2.20. The van der Waals surface area contributed by atoms with Crippen LogP contribution in [0, 0.1) is 12.7 Å². The van der Waals surface area contributed by atoms with Crippen molar-refractivity contribution in [2.75, 3.05) is 5.32 Å². The van der Waals surface area contributed by atoms with Crippen molar-refractivity contribution in [3.05, 3.63) is 29.6 Å². The molecule has 6 heteroatoms. The lowest BCUT2D eigenvalue weighted by Gasteiger charge is -2.16. The minimum atomic E-state index is -0.698. The molecule has 20 heavy (non-hydrogen) atoms. The van der Waals surface area contributed by atoms with Crippen molar-refractivity contribution in [1.29, 1.82) is 0 Å². The summed E-state index contributed by atoms with van der Waals surface area (Å²) in [5, 5.41) is 5.10. The SMILES string of the molecule is CCCC[C@H](NC(=O)Nc1ccc(F)cc1C)C(N)=O. The van der Waals surface area contributed by atoms with Crippen LogP contribution in [0.1, 0.15) is 31.7 Å². The van der Waals surface area contributed by atoms with Crippen LogP contribution >= 0.6 is 0 Å². The number of benzene rings is 1. The number of primary amides is 1. The van der Waals surface area contributed by atoms with Crippen LogP contribution in [0.2, 0.25) is 0 Å². The first-order valence-corrected chi connectivity index (χ1v) is 6.57. The molecule has 3 amide bonds. The van der Waals surface area contributed by atoms with Gasteiger partial charge in [0, 0.05) is 5.69 Å². The maximum absolute atomic E-state index is 13.0. The Morgan fingerprint density at radius 1 is 1.40 bits per heavy atom. The summed E-state index contributed by atoms with van der Waals surface area (Å²) >= 11 is 0. The van der Waals surface area contributed by atoms with E-state index in [4.69, 9.17) is 5.73 Å². The van der Waals surface area contributed by atoms with Gasteiger partial charge in [0.1, 0.15) is 11.9 Å². The molecule has 0 fully saturated rings. The molecule has 0 saturated carbocycles. The molecule has 0 aromatic heterocycles. The van der Waals surface area contributed by atoms with Crippen molar-refractivity contribution in [3.8, 4) is 0 Å². The van der Waals surface area contributed by atoms with Gasteiger partial charge in [-0.15, -0.1) is 0 Å². The number of unbranched alkanes of at least 4 members (excludes halogenated alkanes) is 1. The minimum absolute atomic E-state index is 0.369. The second kappa shape index (κ2) is 7.47. The van der Waals surface area contributed by atoms with Gasteiger partial charge in [-0.3, -0.25) is 4.79 Å². The Kier molecular flexibility index (Phi) is 5.96. The van der Waals surface area contributed by atoms with E-state index in [0.717, 1.165) is 12.8 Å². The molecule has 4 N–H and O–H groups in total. The summed E-state index contributed by atoms with van der Waals surface area (Å²) in [5.74, 6) is -0.934. The molecule has 1 aromatic carbocycles. The molecule has 0 unspecified atom stereocenters. The average Bonchev–Trinajstić information content (AvgIpc) is 2.37. The topological polar surface area (TPSA) is 84.2 Å². The summed E-state index contributed by atoms with van der Waals surface area (Å²) in [6.45, 7) is 3.67. The predicted octanol–water partition coefficient (Wildman–Crippen LogP) is 2.30. The quantitative estimate of drug-likeness (QED) is 0.747. The monoisotopic (exact) mass is 281 g/mol. The summed E-state index contributed by atoms with van der Waals surface area (Å²) < 4.78 is 13.0. The van der Waals surface area contributed by atoms with Gasteiger partial charge in [0.05, 0.1) is 0 Å². The van der Waals surface area contributed by atoms with Gasteiger partial charge < -0.3 is 16.4 Å². The van der Waals surface area contributed by atoms with Crippen molar-refractivity contribution < 1.29 is 14.0 Å². The first-order chi connectivity index (χ1) is 9.43. The van der Waals surface area contributed by atoms with Crippen LogP contribution in [0.4, 0.5) is 14.9 Å². The standard InChI is InChI=1S/C14H20FN3O2/c1-3-4-5-12(13(16)19)18-14(20)17-11-7-6-10(15)8-9(11)2/h6-8,12H,3-5H2,1-2H3,(H2,16,19)(H2,17,18,20)/t12-/m0/s1. The number of carbonyl (C=O) groups excluding carboxylic acids is 2. The lowest BCUT2D eigenvalue weighted by atomic mass is 10.1. The van der Waals surface area contributed by atoms with Crippen molar-refractivity contribution in [2.45, 2.75) is 39.2 Å². The molecule has 0 heterocycles. The third-order valence-electron chi connectivity index (χ3n) is 2.93. The van der Waals surface area contributed by atoms with Gasteiger partial charge in [0.2, 0.25) is 5.91 Å². The largest absolute Gasteiger partial charge is 0.368 e. The fraction of sp³-hybridized carbons (Fsp3) is 0.429. The minimum Gasteiger partial charge on any atom is -0.368 e. The number of hydrogen-bond acceptors (Lipinski definition) is 2. The predicted molar refractivity (Wildman–Crippen MR) is 75.8 cm³/mol. The molecule has 1 aromatic rings. The van der Waals surface area contributed by atoms with E-state index in [2.05, 4.69) is 10.6 Å². The van der Waals surface area contributed by atoms with Crippen LogP contribution in [0.5, 0.6) is 0 Å². The normalized spacial score (nSPS) is 11.8. The maximum Gasteiger partial charge on any atom is 0.319 e. The highest BCUT2D eigenvalue weighted by Gasteiger charge is 2.17. The molecule has 1 rings (SSSR count). The zero-order chi connectivity index (χ0) is 15.1. The Morgan fingerprint density at radius 3 is 2.65 bits per heavy atom. The van der Waals surface area contributed by atoms with E-state index < -0.39 is 18.0 Å². The molecule has 110 valence electrons. The van der Waals surface area contributed by atoms with Gasteiger partial charge in [-0.2, -0.15) is 0 Å². The van der Waals surface area contributed by atoms with Crippen LogP contribution in [-0.4, -0.2) is 18.0 Å². The Hall–Kier alpha value is -2.11. The van der Waals surface area contributed by atoms with Crippen molar-refractivity contribution >= 4 is 17.6 Å². The van der Waals surface area contributed by atoms with Gasteiger partial charge in [-0.05, 0) is 37.1 Å². The van der Waals surface area contributed by atoms with Crippen LogP contribution in [0.15, 0.2) is 18.2 Å². The second-order valence-electron chi connectivity index (χ2n) is 4.65. The molecule has 1 atom stereocenters. The van der Waals surface area contributed by atoms with Crippen LogP contribution < -0.4 is 16.4 Å². The fourth-order valence-electron chi connectivity index (χ4n) is 1.78. The number of amides is 3. The lowest BCUT2D eigenvalue weighted by Crippen LogP contribution is -2.46. The molecular formula is C14H20FN3O2. The molecule has 0 spiro atoms. The van der Waals surface area contributed by atoms with Gasteiger partial charge in [-0.1, -0.05) is 19.8 Å². The number of halogens is 1. The van der Waals surface area contributed by atoms with E-state index in [-0.39, 0.29) is 5.82 Å². The molecule has 5 nitrogen and oxygen atoms in total. The summed E-state index contributed by atoms with van der Waals surface area (Å²) in [4.78, 5) is 23.0. The average molecular weight is 281 g/mol. The highest BCUT2D eigenvalue weighted by molar-refractivity contribution is 5.93. The van der Waals surface area contributed by atoms with Gasteiger partial charge in [0.25, 0.3) is 0 Å².